The molecule has 1 aromatic heterocycles. The molecule has 2 amide bonds. The summed E-state index contributed by atoms with van der Waals surface area (Å²) < 4.78 is 15.6. The molecule has 134 valence electrons. The number of carbonyl (C=O) groups excluding carboxylic acids is 1. The monoisotopic (exact) mass is 345 g/mol. The average molecular weight is 345 g/mol. The number of fused-ring (bicyclic) bond motifs is 1. The van der Waals surface area contributed by atoms with E-state index in [0.717, 1.165) is 44.7 Å². The molecule has 0 saturated carbocycles. The minimum atomic E-state index is -0.456. The van der Waals surface area contributed by atoms with Gasteiger partial charge in [-0.2, -0.15) is 5.10 Å². The number of anilines is 1. The second kappa shape index (κ2) is 8.11. The van der Waals surface area contributed by atoms with Gasteiger partial charge >= 0.3 is 6.03 Å². The number of rotatable bonds is 5. The highest BCUT2D eigenvalue weighted by molar-refractivity contribution is 5.89. The maximum absolute atomic E-state index is 13.5. The second-order valence-corrected chi connectivity index (χ2v) is 6.27. The number of benzene rings is 1. The van der Waals surface area contributed by atoms with Crippen LogP contribution in [-0.2, 0) is 19.6 Å². The van der Waals surface area contributed by atoms with Gasteiger partial charge in [0.1, 0.15) is 5.82 Å². The molecule has 1 aliphatic rings. The van der Waals surface area contributed by atoms with E-state index in [9.17, 15) is 9.18 Å². The Kier molecular flexibility index (Phi) is 5.65. The molecule has 6 nitrogen and oxygen atoms in total. The van der Waals surface area contributed by atoms with Crippen LogP contribution in [0.25, 0.3) is 0 Å². The molecule has 0 saturated heterocycles. The predicted molar refractivity (Wildman–Crippen MR) is 94.7 cm³/mol. The summed E-state index contributed by atoms with van der Waals surface area (Å²) in [6.45, 7) is 6.47. The van der Waals surface area contributed by atoms with Gasteiger partial charge in [0.2, 0.25) is 0 Å². The first-order chi connectivity index (χ1) is 12.2. The predicted octanol–water partition coefficient (Wildman–Crippen LogP) is 2.96. The van der Waals surface area contributed by atoms with E-state index in [1.807, 2.05) is 10.7 Å². The lowest BCUT2D eigenvalue weighted by molar-refractivity contribution is 0.251. The van der Waals surface area contributed by atoms with Crippen molar-refractivity contribution in [2.24, 2.45) is 0 Å². The van der Waals surface area contributed by atoms with E-state index in [2.05, 4.69) is 27.6 Å². The van der Waals surface area contributed by atoms with Crippen LogP contribution in [0.15, 0.2) is 30.3 Å². The standard InChI is InChI=1S/C18H24FN5O/c1-2-8-23-9-5-10-24-15(13-23)11-14(22-24)12-20-18(25)21-17-7-4-3-6-16(17)19/h3-4,6-7,11H,2,5,8-10,12-13H2,1H3,(H2,20,21,25). The van der Waals surface area contributed by atoms with Gasteiger partial charge in [-0.05, 0) is 37.6 Å². The Labute approximate surface area is 147 Å². The highest BCUT2D eigenvalue weighted by Gasteiger charge is 2.16. The third kappa shape index (κ3) is 4.57. The molecule has 0 fully saturated rings. The largest absolute Gasteiger partial charge is 0.332 e. The lowest BCUT2D eigenvalue weighted by Crippen LogP contribution is -2.28. The van der Waals surface area contributed by atoms with Gasteiger partial charge in [0.25, 0.3) is 0 Å². The van der Waals surface area contributed by atoms with E-state index in [1.54, 1.807) is 12.1 Å². The van der Waals surface area contributed by atoms with Crippen LogP contribution in [0.4, 0.5) is 14.9 Å². The number of para-hydroxylation sites is 1. The van der Waals surface area contributed by atoms with Gasteiger partial charge in [0, 0.05) is 19.6 Å². The van der Waals surface area contributed by atoms with E-state index in [4.69, 9.17) is 0 Å². The summed E-state index contributed by atoms with van der Waals surface area (Å²) >= 11 is 0. The zero-order valence-corrected chi connectivity index (χ0v) is 14.5. The van der Waals surface area contributed by atoms with Crippen molar-refractivity contribution >= 4 is 11.7 Å². The third-order valence-corrected chi connectivity index (χ3v) is 4.24. The smallest absolute Gasteiger partial charge is 0.319 e. The molecule has 7 heteroatoms. The molecule has 3 rings (SSSR count). The Balaban J connectivity index is 1.56. The van der Waals surface area contributed by atoms with Gasteiger partial charge in [-0.15, -0.1) is 0 Å². The molecule has 0 aliphatic carbocycles. The first kappa shape index (κ1) is 17.4. The molecule has 0 bridgehead atoms. The highest BCUT2D eigenvalue weighted by atomic mass is 19.1. The second-order valence-electron chi connectivity index (χ2n) is 6.27. The Morgan fingerprint density at radius 2 is 2.16 bits per heavy atom. The van der Waals surface area contributed by atoms with Crippen molar-refractivity contribution in [3.05, 3.63) is 47.5 Å². The molecule has 1 aromatic carbocycles. The SMILES string of the molecule is CCCN1CCCn2nc(CNC(=O)Nc3ccccc3F)cc2C1. The summed E-state index contributed by atoms with van der Waals surface area (Å²) in [6, 6.07) is 7.68. The number of amides is 2. The van der Waals surface area contributed by atoms with Crippen LogP contribution in [0.3, 0.4) is 0 Å². The Hall–Kier alpha value is -2.41. The van der Waals surface area contributed by atoms with Crippen LogP contribution < -0.4 is 10.6 Å². The van der Waals surface area contributed by atoms with Crippen molar-refractivity contribution in [3.63, 3.8) is 0 Å². The number of aromatic nitrogens is 2. The summed E-state index contributed by atoms with van der Waals surface area (Å²) in [4.78, 5) is 14.4. The van der Waals surface area contributed by atoms with Gasteiger partial charge in [-0.3, -0.25) is 9.58 Å². The fourth-order valence-corrected chi connectivity index (χ4v) is 3.08. The first-order valence-corrected chi connectivity index (χ1v) is 8.73. The minimum absolute atomic E-state index is 0.163. The number of aryl methyl sites for hydroxylation is 1. The zero-order chi connectivity index (χ0) is 17.6. The highest BCUT2D eigenvalue weighted by Crippen LogP contribution is 2.15. The first-order valence-electron chi connectivity index (χ1n) is 8.73. The normalized spacial score (nSPS) is 14.6. The minimum Gasteiger partial charge on any atom is -0.332 e. The van der Waals surface area contributed by atoms with Crippen LogP contribution in [-0.4, -0.2) is 33.8 Å². The van der Waals surface area contributed by atoms with Gasteiger partial charge in [0.05, 0.1) is 23.6 Å². The van der Waals surface area contributed by atoms with Crippen LogP contribution in [0.2, 0.25) is 0 Å². The maximum atomic E-state index is 13.5. The summed E-state index contributed by atoms with van der Waals surface area (Å²) in [7, 11) is 0. The van der Waals surface area contributed by atoms with E-state index >= 15 is 0 Å². The Morgan fingerprint density at radius 3 is 2.96 bits per heavy atom. The maximum Gasteiger partial charge on any atom is 0.319 e. The van der Waals surface area contributed by atoms with Gasteiger partial charge in [-0.25, -0.2) is 9.18 Å². The number of hydrogen-bond donors (Lipinski definition) is 2. The molecule has 0 unspecified atom stereocenters. The van der Waals surface area contributed by atoms with Crippen molar-refractivity contribution in [1.82, 2.24) is 20.0 Å². The molecule has 0 radical (unpaired) electrons. The third-order valence-electron chi connectivity index (χ3n) is 4.24. The lowest BCUT2D eigenvalue weighted by Gasteiger charge is -2.17. The number of nitrogens with zero attached hydrogens (tertiary/aromatic N) is 3. The number of halogens is 1. The lowest BCUT2D eigenvalue weighted by atomic mass is 10.3. The van der Waals surface area contributed by atoms with Crippen LogP contribution in [0, 0.1) is 5.82 Å². The summed E-state index contributed by atoms with van der Waals surface area (Å²) in [6.07, 6.45) is 2.22. The average Bonchev–Trinajstić information content (AvgIpc) is 2.87. The van der Waals surface area contributed by atoms with E-state index < -0.39 is 11.8 Å². The van der Waals surface area contributed by atoms with Crippen molar-refractivity contribution < 1.29 is 9.18 Å². The Bertz CT molecular complexity index is 730. The molecule has 2 heterocycles. The number of nitrogens with one attached hydrogen (secondary N) is 2. The van der Waals surface area contributed by atoms with Crippen LogP contribution in [0.5, 0.6) is 0 Å². The number of carbonyl (C=O) groups is 1. The fraction of sp³-hybridized carbons (Fsp3) is 0.444. The summed E-state index contributed by atoms with van der Waals surface area (Å²) in [5, 5.41) is 9.81. The molecular weight excluding hydrogens is 321 g/mol. The molecule has 2 aromatic rings. The molecule has 1 aliphatic heterocycles. The van der Waals surface area contributed by atoms with Gasteiger partial charge in [-0.1, -0.05) is 19.1 Å². The van der Waals surface area contributed by atoms with Gasteiger partial charge < -0.3 is 10.6 Å². The molecule has 0 atom stereocenters. The molecule has 25 heavy (non-hydrogen) atoms. The molecule has 2 N–H and O–H groups in total. The van der Waals surface area contributed by atoms with Crippen LogP contribution in [0.1, 0.15) is 31.2 Å². The van der Waals surface area contributed by atoms with Crippen LogP contribution >= 0.6 is 0 Å². The summed E-state index contributed by atoms with van der Waals surface area (Å²) in [5.41, 5.74) is 2.16. The molecular formula is C18H24FN5O. The van der Waals surface area contributed by atoms with E-state index in [1.165, 1.54) is 17.8 Å². The van der Waals surface area contributed by atoms with E-state index in [-0.39, 0.29) is 5.69 Å². The Morgan fingerprint density at radius 1 is 1.32 bits per heavy atom. The molecule has 0 spiro atoms. The van der Waals surface area contributed by atoms with Crippen molar-refractivity contribution in [2.45, 2.75) is 39.4 Å². The van der Waals surface area contributed by atoms with Gasteiger partial charge in [0.15, 0.2) is 0 Å². The topological polar surface area (TPSA) is 62.2 Å². The van der Waals surface area contributed by atoms with Crippen molar-refractivity contribution in [2.75, 3.05) is 18.4 Å². The number of urea groups is 1. The number of hydrogen-bond acceptors (Lipinski definition) is 3. The quantitative estimate of drug-likeness (QED) is 0.876. The van der Waals surface area contributed by atoms with E-state index in [0.29, 0.717) is 6.54 Å². The van der Waals surface area contributed by atoms with Crippen molar-refractivity contribution in [1.29, 1.82) is 0 Å². The zero-order valence-electron chi connectivity index (χ0n) is 14.5. The summed E-state index contributed by atoms with van der Waals surface area (Å²) in [5.74, 6) is -0.456. The fourth-order valence-electron chi connectivity index (χ4n) is 3.08. The van der Waals surface area contributed by atoms with Crippen molar-refractivity contribution in [3.8, 4) is 0 Å².